The predicted octanol–water partition coefficient (Wildman–Crippen LogP) is 2.42. The minimum absolute atomic E-state index is 0.0525. The smallest absolute Gasteiger partial charge is 0.315 e. The van der Waals surface area contributed by atoms with Crippen LogP contribution in [0.3, 0.4) is 0 Å². The van der Waals surface area contributed by atoms with E-state index in [9.17, 15) is 4.79 Å². The summed E-state index contributed by atoms with van der Waals surface area (Å²) in [5, 5.41) is 6.70. The molecule has 122 valence electrons. The van der Waals surface area contributed by atoms with Crippen molar-refractivity contribution in [3.8, 4) is 0 Å². The van der Waals surface area contributed by atoms with E-state index in [-0.39, 0.29) is 18.1 Å². The Morgan fingerprint density at radius 1 is 1.45 bits per heavy atom. The van der Waals surface area contributed by atoms with Crippen LogP contribution in [-0.2, 0) is 4.74 Å². The van der Waals surface area contributed by atoms with Gasteiger partial charge in [-0.3, -0.25) is 4.90 Å². The van der Waals surface area contributed by atoms with E-state index in [1.807, 2.05) is 31.2 Å². The second kappa shape index (κ2) is 8.36. The van der Waals surface area contributed by atoms with Gasteiger partial charge in [0.25, 0.3) is 0 Å². The molecule has 0 spiro atoms. The largest absolute Gasteiger partial charge is 0.383 e. The monoisotopic (exact) mass is 325 g/mol. The molecule has 2 atom stereocenters. The minimum atomic E-state index is -0.124. The summed E-state index contributed by atoms with van der Waals surface area (Å²) >= 11 is 5.87. The van der Waals surface area contributed by atoms with E-state index < -0.39 is 0 Å². The molecular weight excluding hydrogens is 302 g/mol. The number of likely N-dealkylation sites (tertiary alicyclic amines) is 1. The first-order valence-electron chi connectivity index (χ1n) is 7.62. The molecule has 0 aromatic heterocycles. The molecule has 1 fully saturated rings. The number of methoxy groups -OCH3 is 1. The van der Waals surface area contributed by atoms with Gasteiger partial charge in [0.15, 0.2) is 0 Å². The van der Waals surface area contributed by atoms with Gasteiger partial charge < -0.3 is 15.4 Å². The van der Waals surface area contributed by atoms with Crippen molar-refractivity contribution >= 4 is 17.6 Å². The summed E-state index contributed by atoms with van der Waals surface area (Å²) in [6.07, 6.45) is 0.979. The molecule has 1 heterocycles. The van der Waals surface area contributed by atoms with Crippen molar-refractivity contribution in [3.05, 3.63) is 34.9 Å². The van der Waals surface area contributed by atoms with E-state index in [1.54, 1.807) is 7.11 Å². The Balaban J connectivity index is 1.75. The molecule has 1 saturated heterocycles. The van der Waals surface area contributed by atoms with E-state index in [0.717, 1.165) is 38.2 Å². The molecule has 22 heavy (non-hydrogen) atoms. The number of halogens is 1. The molecule has 6 heteroatoms. The maximum Gasteiger partial charge on any atom is 0.315 e. The highest BCUT2D eigenvalue weighted by molar-refractivity contribution is 6.30. The van der Waals surface area contributed by atoms with Crippen LogP contribution in [0.2, 0.25) is 5.02 Å². The van der Waals surface area contributed by atoms with Gasteiger partial charge in [-0.15, -0.1) is 0 Å². The number of carbonyl (C=O) groups is 1. The van der Waals surface area contributed by atoms with Crippen LogP contribution in [0.15, 0.2) is 24.3 Å². The fraction of sp³-hybridized carbons (Fsp3) is 0.562. The van der Waals surface area contributed by atoms with Crippen molar-refractivity contribution in [1.82, 2.24) is 15.5 Å². The molecule has 5 nitrogen and oxygen atoms in total. The van der Waals surface area contributed by atoms with Crippen LogP contribution in [0.4, 0.5) is 4.79 Å². The average Bonchev–Trinajstić information content (AvgIpc) is 2.93. The molecule has 1 aromatic rings. The number of urea groups is 1. The molecular formula is C16H24ClN3O2. The summed E-state index contributed by atoms with van der Waals surface area (Å²) in [5.41, 5.74) is 1.03. The van der Waals surface area contributed by atoms with E-state index in [4.69, 9.17) is 16.3 Å². The highest BCUT2D eigenvalue weighted by Gasteiger charge is 2.23. The molecule has 1 aliphatic rings. The van der Waals surface area contributed by atoms with Crippen molar-refractivity contribution < 1.29 is 9.53 Å². The molecule has 2 amide bonds. The first-order chi connectivity index (χ1) is 10.6. The zero-order chi connectivity index (χ0) is 15.9. The molecule has 0 saturated carbocycles. The van der Waals surface area contributed by atoms with Crippen LogP contribution in [0, 0.1) is 0 Å². The number of rotatable bonds is 6. The fourth-order valence-electron chi connectivity index (χ4n) is 2.63. The molecule has 0 radical (unpaired) electrons. The zero-order valence-corrected chi connectivity index (χ0v) is 13.9. The molecule has 1 aliphatic heterocycles. The summed E-state index contributed by atoms with van der Waals surface area (Å²) < 4.78 is 5.08. The lowest BCUT2D eigenvalue weighted by Crippen LogP contribution is -2.44. The molecule has 0 bridgehead atoms. The van der Waals surface area contributed by atoms with Gasteiger partial charge in [-0.25, -0.2) is 4.79 Å². The van der Waals surface area contributed by atoms with Gasteiger partial charge in [-0.05, 0) is 31.0 Å². The van der Waals surface area contributed by atoms with E-state index >= 15 is 0 Å². The highest BCUT2D eigenvalue weighted by atomic mass is 35.5. The zero-order valence-electron chi connectivity index (χ0n) is 13.1. The lowest BCUT2D eigenvalue weighted by molar-refractivity contribution is 0.159. The Morgan fingerprint density at radius 3 is 2.86 bits per heavy atom. The Hall–Kier alpha value is -1.30. The normalized spacial score (nSPS) is 19.9. The fourth-order valence-corrected chi connectivity index (χ4v) is 2.76. The van der Waals surface area contributed by atoms with E-state index in [2.05, 4.69) is 15.5 Å². The minimum Gasteiger partial charge on any atom is -0.383 e. The van der Waals surface area contributed by atoms with Gasteiger partial charge >= 0.3 is 6.03 Å². The number of nitrogens with one attached hydrogen (secondary N) is 2. The third kappa shape index (κ3) is 5.16. The van der Waals surface area contributed by atoms with Gasteiger partial charge in [0, 0.05) is 37.8 Å². The summed E-state index contributed by atoms with van der Waals surface area (Å²) in [6.45, 7) is 5.49. The van der Waals surface area contributed by atoms with Crippen LogP contribution >= 0.6 is 11.6 Å². The van der Waals surface area contributed by atoms with Crippen LogP contribution in [-0.4, -0.2) is 50.3 Å². The number of benzene rings is 1. The second-order valence-corrected chi connectivity index (χ2v) is 6.11. The molecule has 0 unspecified atom stereocenters. The predicted molar refractivity (Wildman–Crippen MR) is 88.3 cm³/mol. The topological polar surface area (TPSA) is 53.6 Å². The first-order valence-corrected chi connectivity index (χ1v) is 8.00. The quantitative estimate of drug-likeness (QED) is 0.844. The maximum atomic E-state index is 12.1. The van der Waals surface area contributed by atoms with Crippen molar-refractivity contribution in [2.45, 2.75) is 25.4 Å². The maximum absolute atomic E-state index is 12.1. The SMILES string of the molecule is COCCN1CC[C@@H](NC(=O)N[C@@H](C)c2ccc(Cl)cc2)C1. The van der Waals surface area contributed by atoms with Gasteiger partial charge in [-0.1, -0.05) is 23.7 Å². The molecule has 2 rings (SSSR count). The first kappa shape index (κ1) is 17.1. The van der Waals surface area contributed by atoms with Gasteiger partial charge in [-0.2, -0.15) is 0 Å². The number of nitrogens with zero attached hydrogens (tertiary/aromatic N) is 1. The van der Waals surface area contributed by atoms with Gasteiger partial charge in [0.1, 0.15) is 0 Å². The Kier molecular flexibility index (Phi) is 6.49. The highest BCUT2D eigenvalue weighted by Crippen LogP contribution is 2.16. The standard InChI is InChI=1S/C16H24ClN3O2/c1-12(13-3-5-14(17)6-4-13)18-16(21)19-15-7-8-20(11-15)9-10-22-2/h3-6,12,15H,7-11H2,1-2H3,(H2,18,19,21)/t12-,15+/m0/s1. The van der Waals surface area contributed by atoms with Crippen molar-refractivity contribution in [3.63, 3.8) is 0 Å². The second-order valence-electron chi connectivity index (χ2n) is 5.67. The summed E-state index contributed by atoms with van der Waals surface area (Å²) in [5.74, 6) is 0. The lowest BCUT2D eigenvalue weighted by Gasteiger charge is -2.19. The number of ether oxygens (including phenoxy) is 1. The molecule has 0 aliphatic carbocycles. The average molecular weight is 326 g/mol. The molecule has 2 N–H and O–H groups in total. The lowest BCUT2D eigenvalue weighted by atomic mass is 10.1. The van der Waals surface area contributed by atoms with Crippen molar-refractivity contribution in [2.75, 3.05) is 33.4 Å². The third-order valence-corrected chi connectivity index (χ3v) is 4.19. The Labute approximate surface area is 137 Å². The Morgan fingerprint density at radius 2 is 2.18 bits per heavy atom. The number of amides is 2. The number of carbonyl (C=O) groups excluding carboxylic acids is 1. The number of hydrogen-bond acceptors (Lipinski definition) is 3. The van der Waals surface area contributed by atoms with Crippen LogP contribution in [0.5, 0.6) is 0 Å². The summed E-state index contributed by atoms with van der Waals surface area (Å²) in [6, 6.07) is 7.54. The number of hydrogen-bond donors (Lipinski definition) is 2. The Bertz CT molecular complexity index is 481. The summed E-state index contributed by atoms with van der Waals surface area (Å²) in [4.78, 5) is 14.4. The van der Waals surface area contributed by atoms with Crippen LogP contribution in [0.25, 0.3) is 0 Å². The van der Waals surface area contributed by atoms with E-state index in [0.29, 0.717) is 5.02 Å². The van der Waals surface area contributed by atoms with Gasteiger partial charge in [0.2, 0.25) is 0 Å². The van der Waals surface area contributed by atoms with Crippen molar-refractivity contribution in [2.24, 2.45) is 0 Å². The van der Waals surface area contributed by atoms with E-state index in [1.165, 1.54) is 0 Å². The summed E-state index contributed by atoms with van der Waals surface area (Å²) in [7, 11) is 1.71. The van der Waals surface area contributed by atoms with Crippen LogP contribution in [0.1, 0.15) is 24.9 Å². The van der Waals surface area contributed by atoms with Crippen LogP contribution < -0.4 is 10.6 Å². The molecule has 1 aromatic carbocycles. The van der Waals surface area contributed by atoms with Crippen molar-refractivity contribution in [1.29, 1.82) is 0 Å². The van der Waals surface area contributed by atoms with Gasteiger partial charge in [0.05, 0.1) is 12.6 Å². The third-order valence-electron chi connectivity index (χ3n) is 3.94.